The van der Waals surface area contributed by atoms with E-state index in [1.807, 2.05) is 0 Å². The fourth-order valence-corrected chi connectivity index (χ4v) is 7.30. The molecule has 1 spiro atoms. The van der Waals surface area contributed by atoms with Crippen molar-refractivity contribution < 1.29 is 0 Å². The monoisotopic (exact) mass is 527 g/mol. The molecule has 1 aliphatic heterocycles. The number of nitrogen functional groups attached to an aromatic ring is 1. The Bertz CT molecular complexity index is 824. The molecule has 0 amide bonds. The van der Waals surface area contributed by atoms with Crippen LogP contribution in [0.3, 0.4) is 0 Å². The highest BCUT2D eigenvalue weighted by atomic mass is 15.3. The van der Waals surface area contributed by atoms with Crippen LogP contribution >= 0.6 is 0 Å². The zero-order valence-corrected chi connectivity index (χ0v) is 23.7. The van der Waals surface area contributed by atoms with Crippen molar-refractivity contribution in [3.8, 4) is 0 Å². The van der Waals surface area contributed by atoms with Crippen LogP contribution in [0.2, 0.25) is 0 Å². The molecule has 3 aliphatic carbocycles. The van der Waals surface area contributed by atoms with Crippen LogP contribution in [0.5, 0.6) is 0 Å². The minimum absolute atomic E-state index is 0.213. The van der Waals surface area contributed by atoms with Gasteiger partial charge in [0.05, 0.1) is 0 Å². The standard InChI is InChI=1S/C29H53N9/c30-26-35-27(37-28(36-26)38-19-18-34-29(22-38)14-5-2-6-15-29)33-21-24-12-10-23(11-13-24)20-31-16-7-17-32-25-8-3-1-4-9-25/h23-25,31-32,34H,1-22H2,(H3,30,33,35,36,37). The molecule has 0 aromatic carbocycles. The van der Waals surface area contributed by atoms with Crippen molar-refractivity contribution in [1.29, 1.82) is 0 Å². The largest absolute Gasteiger partial charge is 0.368 e. The maximum absolute atomic E-state index is 6.12. The van der Waals surface area contributed by atoms with Gasteiger partial charge >= 0.3 is 0 Å². The van der Waals surface area contributed by atoms with Crippen LogP contribution in [0.4, 0.5) is 17.8 Å². The van der Waals surface area contributed by atoms with Gasteiger partial charge in [0, 0.05) is 37.8 Å². The van der Waals surface area contributed by atoms with Gasteiger partial charge in [0.2, 0.25) is 17.8 Å². The minimum atomic E-state index is 0.213. The van der Waals surface area contributed by atoms with Crippen LogP contribution in [0, 0.1) is 11.8 Å². The van der Waals surface area contributed by atoms with Crippen LogP contribution in [-0.2, 0) is 0 Å². The van der Waals surface area contributed by atoms with Crippen LogP contribution in [-0.4, -0.2) is 72.3 Å². The molecule has 4 aliphatic rings. The predicted octanol–water partition coefficient (Wildman–Crippen LogP) is 3.69. The van der Waals surface area contributed by atoms with Crippen LogP contribution < -0.4 is 31.9 Å². The normalized spacial score (nSPS) is 26.5. The van der Waals surface area contributed by atoms with Crippen molar-refractivity contribution in [2.45, 2.75) is 108 Å². The molecule has 0 atom stereocenters. The Morgan fingerprint density at radius 3 is 2.37 bits per heavy atom. The summed E-state index contributed by atoms with van der Waals surface area (Å²) in [6.45, 7) is 7.24. The summed E-state index contributed by atoms with van der Waals surface area (Å²) in [7, 11) is 0. The van der Waals surface area contributed by atoms with E-state index in [1.54, 1.807) is 0 Å². The number of hydrogen-bond donors (Lipinski definition) is 5. The number of rotatable bonds is 11. The summed E-state index contributed by atoms with van der Waals surface area (Å²) in [5, 5.41) is 14.8. The topological polar surface area (TPSA) is 116 Å². The second-order valence-corrected chi connectivity index (χ2v) is 12.6. The first-order valence-electron chi connectivity index (χ1n) is 15.9. The number of nitrogens with zero attached hydrogens (tertiary/aromatic N) is 4. The molecule has 4 fully saturated rings. The molecule has 2 heterocycles. The Kier molecular flexibility index (Phi) is 10.3. The van der Waals surface area contributed by atoms with Crippen molar-refractivity contribution in [3.63, 3.8) is 0 Å². The molecule has 9 heteroatoms. The van der Waals surface area contributed by atoms with Gasteiger partial charge in [-0.05, 0) is 89.3 Å². The lowest BCUT2D eigenvalue weighted by Crippen LogP contribution is -2.61. The van der Waals surface area contributed by atoms with E-state index < -0.39 is 0 Å². The van der Waals surface area contributed by atoms with Gasteiger partial charge < -0.3 is 31.9 Å². The quantitative estimate of drug-likeness (QED) is 0.275. The van der Waals surface area contributed by atoms with Gasteiger partial charge in [-0.1, -0.05) is 38.5 Å². The number of hydrogen-bond acceptors (Lipinski definition) is 9. The Labute approximate surface area is 230 Å². The molecule has 9 nitrogen and oxygen atoms in total. The molecule has 3 saturated carbocycles. The van der Waals surface area contributed by atoms with Gasteiger partial charge in [0.15, 0.2) is 0 Å². The lowest BCUT2D eigenvalue weighted by atomic mass is 9.80. The smallest absolute Gasteiger partial charge is 0.232 e. The van der Waals surface area contributed by atoms with E-state index in [-0.39, 0.29) is 5.54 Å². The number of piperazine rings is 1. The number of anilines is 3. The molecule has 0 bridgehead atoms. The number of aromatic nitrogens is 3. The molecule has 214 valence electrons. The fraction of sp³-hybridized carbons (Fsp3) is 0.897. The Morgan fingerprint density at radius 2 is 1.58 bits per heavy atom. The van der Waals surface area contributed by atoms with E-state index in [1.165, 1.54) is 103 Å². The second-order valence-electron chi connectivity index (χ2n) is 12.6. The zero-order valence-electron chi connectivity index (χ0n) is 23.7. The highest BCUT2D eigenvalue weighted by Gasteiger charge is 2.37. The molecular weight excluding hydrogens is 474 g/mol. The van der Waals surface area contributed by atoms with E-state index >= 15 is 0 Å². The van der Waals surface area contributed by atoms with Crippen LogP contribution in [0.15, 0.2) is 0 Å². The maximum Gasteiger partial charge on any atom is 0.232 e. The summed E-state index contributed by atoms with van der Waals surface area (Å²) < 4.78 is 0. The molecule has 5 rings (SSSR count). The second kappa shape index (κ2) is 14.1. The molecule has 1 aromatic rings. The highest BCUT2D eigenvalue weighted by Crippen LogP contribution is 2.32. The predicted molar refractivity (Wildman–Crippen MR) is 157 cm³/mol. The summed E-state index contributed by atoms with van der Waals surface area (Å²) in [4.78, 5) is 16.0. The summed E-state index contributed by atoms with van der Waals surface area (Å²) in [6.07, 6.45) is 19.9. The van der Waals surface area contributed by atoms with Crippen molar-refractivity contribution in [2.24, 2.45) is 11.8 Å². The van der Waals surface area contributed by atoms with E-state index in [0.29, 0.717) is 17.8 Å². The number of nitrogens with two attached hydrogens (primary N) is 1. The maximum atomic E-state index is 6.12. The van der Waals surface area contributed by atoms with Gasteiger partial charge in [-0.3, -0.25) is 0 Å². The lowest BCUT2D eigenvalue weighted by molar-refractivity contribution is 0.215. The van der Waals surface area contributed by atoms with Crippen molar-refractivity contribution in [1.82, 2.24) is 30.9 Å². The van der Waals surface area contributed by atoms with Gasteiger partial charge in [0.25, 0.3) is 0 Å². The molecule has 6 N–H and O–H groups in total. The van der Waals surface area contributed by atoms with Gasteiger partial charge in [-0.15, -0.1) is 0 Å². The van der Waals surface area contributed by atoms with E-state index in [4.69, 9.17) is 10.7 Å². The first-order chi connectivity index (χ1) is 18.7. The SMILES string of the molecule is Nc1nc(NCC2CCC(CNCCCNC3CCCCC3)CC2)nc(N2CCNC3(CCCCC3)C2)n1. The van der Waals surface area contributed by atoms with Gasteiger partial charge in [-0.25, -0.2) is 0 Å². The summed E-state index contributed by atoms with van der Waals surface area (Å²) in [6, 6.07) is 0.781. The number of nitrogens with one attached hydrogen (secondary N) is 4. The molecular formula is C29H53N9. The Hall–Kier alpha value is -1.71. The fourth-order valence-electron chi connectivity index (χ4n) is 7.30. The third-order valence-corrected chi connectivity index (χ3v) is 9.63. The van der Waals surface area contributed by atoms with Gasteiger partial charge in [0.1, 0.15) is 0 Å². The highest BCUT2D eigenvalue weighted by molar-refractivity contribution is 5.43. The third-order valence-electron chi connectivity index (χ3n) is 9.63. The van der Waals surface area contributed by atoms with E-state index in [0.717, 1.165) is 57.2 Å². The van der Waals surface area contributed by atoms with Crippen molar-refractivity contribution >= 4 is 17.8 Å². The Morgan fingerprint density at radius 1 is 0.842 bits per heavy atom. The van der Waals surface area contributed by atoms with Crippen LogP contribution in [0.25, 0.3) is 0 Å². The average molecular weight is 528 g/mol. The Balaban J connectivity index is 0.986. The molecule has 1 saturated heterocycles. The zero-order chi connectivity index (χ0) is 26.0. The van der Waals surface area contributed by atoms with Gasteiger partial charge in [-0.2, -0.15) is 15.0 Å². The van der Waals surface area contributed by atoms with Crippen molar-refractivity contribution in [2.75, 3.05) is 61.8 Å². The summed E-state index contributed by atoms with van der Waals surface area (Å²) in [5.74, 6) is 3.18. The third kappa shape index (κ3) is 8.15. The lowest BCUT2D eigenvalue weighted by Gasteiger charge is -2.46. The molecule has 0 radical (unpaired) electrons. The van der Waals surface area contributed by atoms with Crippen molar-refractivity contribution in [3.05, 3.63) is 0 Å². The first kappa shape index (κ1) is 27.8. The summed E-state index contributed by atoms with van der Waals surface area (Å²) in [5.41, 5.74) is 6.34. The van der Waals surface area contributed by atoms with E-state index in [2.05, 4.69) is 36.1 Å². The summed E-state index contributed by atoms with van der Waals surface area (Å²) >= 11 is 0. The minimum Gasteiger partial charge on any atom is -0.368 e. The average Bonchev–Trinajstić information content (AvgIpc) is 2.95. The molecule has 0 unspecified atom stereocenters. The first-order valence-corrected chi connectivity index (χ1v) is 15.9. The van der Waals surface area contributed by atoms with E-state index in [9.17, 15) is 0 Å². The molecule has 1 aromatic heterocycles. The molecule has 38 heavy (non-hydrogen) atoms. The van der Waals surface area contributed by atoms with Crippen LogP contribution in [0.1, 0.15) is 96.3 Å².